The SMILES string of the molecule is CCCCCCCCCCCCCCCCOCC(COP(=O)([O-])OC1C[N+]2(C)C=C1C=CC2)OC(C)=O. The number of hydrogen-bond donors (Lipinski definition) is 0. The predicted octanol–water partition coefficient (Wildman–Crippen LogP) is 6.20. The third-order valence-electron chi connectivity index (χ3n) is 7.20. The number of quaternary nitrogens is 1. The minimum atomic E-state index is -4.58. The van der Waals surface area contributed by atoms with Crippen molar-refractivity contribution >= 4 is 13.8 Å². The summed E-state index contributed by atoms with van der Waals surface area (Å²) in [6, 6.07) is 0. The van der Waals surface area contributed by atoms with Crippen molar-refractivity contribution in [2.75, 3.05) is 40.0 Å². The smallest absolute Gasteiger partial charge is 0.303 e. The molecule has 0 saturated heterocycles. The van der Waals surface area contributed by atoms with E-state index in [0.717, 1.165) is 25.0 Å². The molecule has 0 aliphatic carbocycles. The second-order valence-electron chi connectivity index (χ2n) is 11.1. The lowest BCUT2D eigenvalue weighted by atomic mass is 10.0. The minimum Gasteiger partial charge on any atom is -0.756 e. The molecule has 0 aromatic heterocycles. The minimum absolute atomic E-state index is 0.0876. The van der Waals surface area contributed by atoms with Crippen LogP contribution in [0.1, 0.15) is 104 Å². The van der Waals surface area contributed by atoms with Crippen LogP contribution in [0.4, 0.5) is 0 Å². The summed E-state index contributed by atoms with van der Waals surface area (Å²) >= 11 is 0. The average Bonchev–Trinajstić information content (AvgIpc) is 3.07. The maximum absolute atomic E-state index is 12.4. The third kappa shape index (κ3) is 14.4. The fourth-order valence-corrected chi connectivity index (χ4v) is 6.02. The summed E-state index contributed by atoms with van der Waals surface area (Å²) in [6.07, 6.45) is 22.6. The number of unbranched alkanes of at least 4 members (excludes halogenated alkanes) is 13. The zero-order valence-corrected chi connectivity index (χ0v) is 25.0. The molecule has 4 unspecified atom stereocenters. The molecule has 220 valence electrons. The Morgan fingerprint density at radius 1 is 1.00 bits per heavy atom. The van der Waals surface area contributed by atoms with Crippen LogP contribution in [-0.2, 0) is 27.9 Å². The topological polar surface area (TPSA) is 94.1 Å². The summed E-state index contributed by atoms with van der Waals surface area (Å²) in [5.41, 5.74) is 0.839. The first-order valence-electron chi connectivity index (χ1n) is 14.9. The van der Waals surface area contributed by atoms with E-state index in [1.165, 1.54) is 84.0 Å². The maximum atomic E-state index is 12.4. The van der Waals surface area contributed by atoms with E-state index in [1.54, 1.807) is 0 Å². The summed E-state index contributed by atoms with van der Waals surface area (Å²) in [5, 5.41) is 0. The van der Waals surface area contributed by atoms with Crippen LogP contribution in [0.25, 0.3) is 0 Å². The van der Waals surface area contributed by atoms with Gasteiger partial charge in [0.05, 0.1) is 20.3 Å². The molecule has 8 nitrogen and oxygen atoms in total. The summed E-state index contributed by atoms with van der Waals surface area (Å²) < 4.78 is 34.3. The van der Waals surface area contributed by atoms with Gasteiger partial charge in [-0.1, -0.05) is 90.4 Å². The molecule has 38 heavy (non-hydrogen) atoms. The van der Waals surface area contributed by atoms with Crippen molar-refractivity contribution in [3.63, 3.8) is 0 Å². The molecule has 0 N–H and O–H groups in total. The van der Waals surface area contributed by atoms with Gasteiger partial charge >= 0.3 is 5.97 Å². The predicted molar refractivity (Wildman–Crippen MR) is 148 cm³/mol. The van der Waals surface area contributed by atoms with Gasteiger partial charge < -0.3 is 23.4 Å². The number of likely N-dealkylation sites (N-methyl/N-ethyl adjacent to an activating group) is 1. The first-order chi connectivity index (χ1) is 18.2. The first kappa shape index (κ1) is 33.2. The van der Waals surface area contributed by atoms with E-state index in [2.05, 4.69) is 6.92 Å². The van der Waals surface area contributed by atoms with Crippen LogP contribution in [0, 0.1) is 0 Å². The molecule has 0 spiro atoms. The molecule has 0 aromatic carbocycles. The Morgan fingerprint density at radius 3 is 2.13 bits per heavy atom. The van der Waals surface area contributed by atoms with E-state index in [4.69, 9.17) is 18.5 Å². The second kappa shape index (κ2) is 18.4. The summed E-state index contributed by atoms with van der Waals surface area (Å²) in [5.74, 6) is -0.509. The Hall–Kier alpha value is -1.02. The number of fused-ring (bicyclic) bond motifs is 1. The highest BCUT2D eigenvalue weighted by Crippen LogP contribution is 2.44. The third-order valence-corrected chi connectivity index (χ3v) is 8.18. The van der Waals surface area contributed by atoms with Crippen molar-refractivity contribution in [1.82, 2.24) is 0 Å². The number of carbonyl (C=O) groups excluding carboxylic acids is 1. The van der Waals surface area contributed by atoms with Gasteiger partial charge in [-0.3, -0.25) is 13.8 Å². The molecule has 9 heteroatoms. The highest BCUT2D eigenvalue weighted by Gasteiger charge is 2.39. The molecular weight excluding hydrogens is 505 g/mol. The van der Waals surface area contributed by atoms with Crippen LogP contribution in [0.5, 0.6) is 0 Å². The van der Waals surface area contributed by atoms with Crippen LogP contribution in [-0.4, -0.2) is 62.6 Å². The van der Waals surface area contributed by atoms with Gasteiger partial charge in [-0.25, -0.2) is 0 Å². The van der Waals surface area contributed by atoms with Crippen molar-refractivity contribution in [2.45, 2.75) is 116 Å². The number of carbonyl (C=O) groups is 1. The van der Waals surface area contributed by atoms with E-state index in [1.807, 2.05) is 25.4 Å². The molecule has 2 rings (SSSR count). The molecule has 2 aliphatic heterocycles. The largest absolute Gasteiger partial charge is 0.756 e. The van der Waals surface area contributed by atoms with Gasteiger partial charge in [-0.2, -0.15) is 0 Å². The Morgan fingerprint density at radius 2 is 1.58 bits per heavy atom. The second-order valence-corrected chi connectivity index (χ2v) is 12.5. The molecule has 2 aliphatic rings. The van der Waals surface area contributed by atoms with E-state index in [0.29, 0.717) is 17.6 Å². The van der Waals surface area contributed by atoms with Gasteiger partial charge in [-0.05, 0) is 18.6 Å². The lowest BCUT2D eigenvalue weighted by molar-refractivity contribution is -0.850. The molecular formula is C29H52NO7P. The van der Waals surface area contributed by atoms with Gasteiger partial charge in [0, 0.05) is 19.1 Å². The van der Waals surface area contributed by atoms with E-state index < -0.39 is 26.0 Å². The van der Waals surface area contributed by atoms with Crippen LogP contribution in [0.3, 0.4) is 0 Å². The number of ether oxygens (including phenoxy) is 2. The van der Waals surface area contributed by atoms with Crippen LogP contribution in [0.15, 0.2) is 23.9 Å². The van der Waals surface area contributed by atoms with E-state index in [9.17, 15) is 14.3 Å². The van der Waals surface area contributed by atoms with Gasteiger partial charge in [-0.15, -0.1) is 0 Å². The van der Waals surface area contributed by atoms with Crippen LogP contribution < -0.4 is 4.89 Å². The number of rotatable bonds is 23. The zero-order chi connectivity index (χ0) is 27.7. The normalized spacial score (nSPS) is 22.7. The molecule has 0 radical (unpaired) electrons. The van der Waals surface area contributed by atoms with Crippen molar-refractivity contribution in [1.29, 1.82) is 0 Å². The Balaban J connectivity index is 1.50. The number of phosphoric ester groups is 1. The van der Waals surface area contributed by atoms with Crippen LogP contribution in [0.2, 0.25) is 0 Å². The zero-order valence-electron chi connectivity index (χ0n) is 24.1. The van der Waals surface area contributed by atoms with Crippen molar-refractivity contribution < 1.29 is 37.3 Å². The van der Waals surface area contributed by atoms with E-state index in [-0.39, 0.29) is 13.2 Å². The Labute approximate surface area is 230 Å². The first-order valence-corrected chi connectivity index (χ1v) is 16.3. The monoisotopic (exact) mass is 557 g/mol. The standard InChI is InChI=1S/C29H52NO7P/c1-4-5-6-7-8-9-10-11-12-13-14-15-16-17-21-34-24-28(36-26(2)31)25-35-38(32,33)37-29-23-30(3)20-18-19-27(29)22-30/h18-19,22,28-29H,4-17,20-21,23-25H2,1-3H3. The molecule has 2 bridgehead atoms. The number of hydrogen-bond acceptors (Lipinski definition) is 7. The van der Waals surface area contributed by atoms with Crippen molar-refractivity contribution in [3.05, 3.63) is 23.9 Å². The van der Waals surface area contributed by atoms with E-state index >= 15 is 0 Å². The highest BCUT2D eigenvalue weighted by molar-refractivity contribution is 7.45. The molecule has 0 aromatic rings. The van der Waals surface area contributed by atoms with Gasteiger partial charge in [0.1, 0.15) is 31.5 Å². The molecule has 0 fully saturated rings. The summed E-state index contributed by atoms with van der Waals surface area (Å²) in [4.78, 5) is 23.9. The Kier molecular flexibility index (Phi) is 16.0. The molecule has 0 saturated carbocycles. The number of esters is 1. The number of nitrogens with zero attached hydrogens (tertiary/aromatic N) is 1. The molecule has 0 amide bonds. The molecule has 4 atom stereocenters. The molecule has 2 heterocycles. The quantitative estimate of drug-likeness (QED) is 0.0639. The average molecular weight is 558 g/mol. The van der Waals surface area contributed by atoms with Crippen LogP contribution >= 0.6 is 7.82 Å². The van der Waals surface area contributed by atoms with Crippen molar-refractivity contribution in [2.24, 2.45) is 0 Å². The number of phosphoric acid groups is 1. The lowest BCUT2D eigenvalue weighted by Crippen LogP contribution is -2.39. The summed E-state index contributed by atoms with van der Waals surface area (Å²) in [6.45, 7) is 5.18. The lowest BCUT2D eigenvalue weighted by Gasteiger charge is -2.29. The summed E-state index contributed by atoms with van der Waals surface area (Å²) in [7, 11) is -2.55. The maximum Gasteiger partial charge on any atom is 0.303 e. The fourth-order valence-electron chi connectivity index (χ4n) is 5.11. The fraction of sp³-hybridized carbons (Fsp3) is 0.828. The highest BCUT2D eigenvalue weighted by atomic mass is 31.2. The van der Waals surface area contributed by atoms with Crippen molar-refractivity contribution in [3.8, 4) is 0 Å². The van der Waals surface area contributed by atoms with Gasteiger partial charge in [0.15, 0.2) is 0 Å². The van der Waals surface area contributed by atoms with Gasteiger partial charge in [0.2, 0.25) is 0 Å². The van der Waals surface area contributed by atoms with Gasteiger partial charge in [0.25, 0.3) is 7.82 Å². The Bertz CT molecular complexity index is 787.